The van der Waals surface area contributed by atoms with Crippen molar-refractivity contribution in [3.8, 4) is 5.75 Å². The van der Waals surface area contributed by atoms with Crippen LogP contribution in [-0.2, 0) is 10.0 Å². The van der Waals surface area contributed by atoms with E-state index in [-0.39, 0.29) is 16.8 Å². The number of para-hydroxylation sites is 2. The number of carbonyl (C=O) groups is 1. The maximum atomic E-state index is 12.6. The highest BCUT2D eigenvalue weighted by Crippen LogP contribution is 2.32. The van der Waals surface area contributed by atoms with E-state index in [2.05, 4.69) is 10.0 Å². The van der Waals surface area contributed by atoms with Crippen LogP contribution in [0.3, 0.4) is 0 Å². The van der Waals surface area contributed by atoms with Gasteiger partial charge in [-0.1, -0.05) is 12.1 Å². The second-order valence-electron chi connectivity index (χ2n) is 6.43. The molecule has 1 aliphatic carbocycles. The van der Waals surface area contributed by atoms with Crippen LogP contribution in [-0.4, -0.2) is 27.5 Å². The molecule has 0 aromatic heterocycles. The number of sulfonamides is 1. The minimum Gasteiger partial charge on any atom is -0.495 e. The number of rotatable bonds is 7. The first-order valence-corrected chi connectivity index (χ1v) is 9.96. The highest BCUT2D eigenvalue weighted by Gasteiger charge is 2.29. The molecule has 7 heteroatoms. The largest absolute Gasteiger partial charge is 0.495 e. The smallest absolute Gasteiger partial charge is 0.262 e. The van der Waals surface area contributed by atoms with Crippen molar-refractivity contribution in [3.05, 3.63) is 54.1 Å². The first-order chi connectivity index (χ1) is 12.4. The highest BCUT2D eigenvalue weighted by atomic mass is 32.2. The van der Waals surface area contributed by atoms with Gasteiger partial charge in [0.1, 0.15) is 5.75 Å². The number of nitrogens with one attached hydrogen (secondary N) is 2. The summed E-state index contributed by atoms with van der Waals surface area (Å²) >= 11 is 0. The molecule has 1 atom stereocenters. The molecule has 3 rings (SSSR count). The van der Waals surface area contributed by atoms with Crippen molar-refractivity contribution in [1.82, 2.24) is 5.32 Å². The maximum absolute atomic E-state index is 12.6. The van der Waals surface area contributed by atoms with Gasteiger partial charge in [-0.15, -0.1) is 0 Å². The molecular formula is C19H22N2O4S. The molecule has 26 heavy (non-hydrogen) atoms. The number of hydrogen-bond donors (Lipinski definition) is 2. The van der Waals surface area contributed by atoms with Gasteiger partial charge in [0.15, 0.2) is 0 Å². The minimum absolute atomic E-state index is 0.0789. The molecule has 6 nitrogen and oxygen atoms in total. The molecule has 1 saturated carbocycles. The number of hydrogen-bond acceptors (Lipinski definition) is 4. The summed E-state index contributed by atoms with van der Waals surface area (Å²) in [6, 6.07) is 12.8. The van der Waals surface area contributed by atoms with E-state index in [1.54, 1.807) is 24.3 Å². The quantitative estimate of drug-likeness (QED) is 0.780. The van der Waals surface area contributed by atoms with Crippen LogP contribution in [0.15, 0.2) is 53.4 Å². The summed E-state index contributed by atoms with van der Waals surface area (Å²) in [6.07, 6.45) is 2.29. The van der Waals surface area contributed by atoms with Crippen molar-refractivity contribution in [2.45, 2.75) is 30.7 Å². The summed E-state index contributed by atoms with van der Waals surface area (Å²) in [4.78, 5) is 12.3. The van der Waals surface area contributed by atoms with E-state index in [1.165, 1.54) is 31.4 Å². The number of amides is 1. The van der Waals surface area contributed by atoms with E-state index < -0.39 is 10.0 Å². The summed E-state index contributed by atoms with van der Waals surface area (Å²) < 4.78 is 32.8. The molecule has 1 fully saturated rings. The normalized spacial score (nSPS) is 15.2. The van der Waals surface area contributed by atoms with Gasteiger partial charge < -0.3 is 10.1 Å². The lowest BCUT2D eigenvalue weighted by Gasteiger charge is -2.14. The van der Waals surface area contributed by atoms with Crippen LogP contribution < -0.4 is 14.8 Å². The van der Waals surface area contributed by atoms with Crippen LogP contribution in [0.25, 0.3) is 0 Å². The zero-order valence-corrected chi connectivity index (χ0v) is 15.5. The molecule has 1 amide bonds. The molecule has 0 spiro atoms. The monoisotopic (exact) mass is 374 g/mol. The van der Waals surface area contributed by atoms with Crippen molar-refractivity contribution in [1.29, 1.82) is 0 Å². The topological polar surface area (TPSA) is 84.5 Å². The van der Waals surface area contributed by atoms with E-state index in [4.69, 9.17) is 4.74 Å². The van der Waals surface area contributed by atoms with E-state index in [1.807, 2.05) is 6.92 Å². The van der Waals surface area contributed by atoms with Crippen LogP contribution in [0.4, 0.5) is 5.69 Å². The third-order valence-electron chi connectivity index (χ3n) is 4.47. The molecule has 0 bridgehead atoms. The van der Waals surface area contributed by atoms with E-state index in [9.17, 15) is 13.2 Å². The first kappa shape index (κ1) is 18.3. The van der Waals surface area contributed by atoms with Crippen molar-refractivity contribution in [3.63, 3.8) is 0 Å². The first-order valence-electron chi connectivity index (χ1n) is 8.47. The van der Waals surface area contributed by atoms with Gasteiger partial charge in [-0.3, -0.25) is 9.52 Å². The van der Waals surface area contributed by atoms with Gasteiger partial charge in [0.05, 0.1) is 17.7 Å². The summed E-state index contributed by atoms with van der Waals surface area (Å²) in [5.74, 6) is 0.802. The Bertz CT molecular complexity index is 890. The van der Waals surface area contributed by atoms with Crippen LogP contribution in [0.2, 0.25) is 0 Å². The van der Waals surface area contributed by atoms with Gasteiger partial charge in [-0.2, -0.15) is 0 Å². The summed E-state index contributed by atoms with van der Waals surface area (Å²) in [7, 11) is -2.30. The van der Waals surface area contributed by atoms with Gasteiger partial charge in [-0.25, -0.2) is 8.42 Å². The molecule has 0 heterocycles. The predicted molar refractivity (Wildman–Crippen MR) is 99.9 cm³/mol. The molecule has 2 aromatic carbocycles. The van der Waals surface area contributed by atoms with Crippen molar-refractivity contribution >= 4 is 21.6 Å². The Hall–Kier alpha value is -2.54. The minimum atomic E-state index is -3.78. The van der Waals surface area contributed by atoms with Crippen LogP contribution in [0.1, 0.15) is 30.1 Å². The number of carbonyl (C=O) groups excluding carboxylic acids is 1. The van der Waals surface area contributed by atoms with Gasteiger partial charge in [-0.05, 0) is 62.1 Å². The number of methoxy groups -OCH3 is 1. The van der Waals surface area contributed by atoms with Crippen LogP contribution >= 0.6 is 0 Å². The summed E-state index contributed by atoms with van der Waals surface area (Å²) in [6.45, 7) is 1.99. The highest BCUT2D eigenvalue weighted by molar-refractivity contribution is 7.92. The fraction of sp³-hybridized carbons (Fsp3) is 0.316. The lowest BCUT2D eigenvalue weighted by Crippen LogP contribution is -2.33. The molecule has 1 aliphatic rings. The lowest BCUT2D eigenvalue weighted by atomic mass is 10.1. The molecule has 0 saturated heterocycles. The van der Waals surface area contributed by atoms with Gasteiger partial charge in [0.2, 0.25) is 0 Å². The fourth-order valence-electron chi connectivity index (χ4n) is 2.72. The standard InChI is InChI=1S/C19H22N2O4S/c1-13(14-7-8-14)20-19(22)15-9-11-16(12-10-15)26(23,24)21-17-5-3-4-6-18(17)25-2/h3-6,9-14,21H,7-8H2,1-2H3,(H,20,22). The Labute approximate surface area is 153 Å². The fourth-order valence-corrected chi connectivity index (χ4v) is 3.79. The number of benzene rings is 2. The Morgan fingerprint density at radius 1 is 1.12 bits per heavy atom. The Balaban J connectivity index is 1.73. The predicted octanol–water partition coefficient (Wildman–Crippen LogP) is 3.02. The number of ether oxygens (including phenoxy) is 1. The molecule has 0 aliphatic heterocycles. The van der Waals surface area contributed by atoms with Gasteiger partial charge in [0, 0.05) is 11.6 Å². The Kier molecular flexibility index (Phi) is 5.18. The third-order valence-corrected chi connectivity index (χ3v) is 5.85. The lowest BCUT2D eigenvalue weighted by molar-refractivity contribution is 0.0935. The average Bonchev–Trinajstić information content (AvgIpc) is 3.47. The Morgan fingerprint density at radius 3 is 2.38 bits per heavy atom. The molecular weight excluding hydrogens is 352 g/mol. The summed E-state index contributed by atoms with van der Waals surface area (Å²) in [5.41, 5.74) is 0.795. The molecule has 1 unspecified atom stereocenters. The third kappa shape index (κ3) is 4.16. The van der Waals surface area contributed by atoms with Crippen molar-refractivity contribution in [2.75, 3.05) is 11.8 Å². The Morgan fingerprint density at radius 2 is 1.77 bits per heavy atom. The van der Waals surface area contributed by atoms with E-state index in [0.29, 0.717) is 22.9 Å². The molecule has 138 valence electrons. The van der Waals surface area contributed by atoms with Crippen molar-refractivity contribution in [2.24, 2.45) is 5.92 Å². The SMILES string of the molecule is COc1ccccc1NS(=O)(=O)c1ccc(C(=O)NC(C)C2CC2)cc1. The number of anilines is 1. The zero-order valence-electron chi connectivity index (χ0n) is 14.7. The van der Waals surface area contributed by atoms with E-state index >= 15 is 0 Å². The second kappa shape index (κ2) is 7.37. The summed E-state index contributed by atoms with van der Waals surface area (Å²) in [5, 5.41) is 2.95. The van der Waals surface area contributed by atoms with Crippen LogP contribution in [0, 0.1) is 5.92 Å². The zero-order chi connectivity index (χ0) is 18.7. The molecule has 0 radical (unpaired) electrons. The van der Waals surface area contributed by atoms with Gasteiger partial charge in [0.25, 0.3) is 15.9 Å². The van der Waals surface area contributed by atoms with Crippen molar-refractivity contribution < 1.29 is 17.9 Å². The van der Waals surface area contributed by atoms with Crippen LogP contribution in [0.5, 0.6) is 5.75 Å². The molecule has 2 N–H and O–H groups in total. The average molecular weight is 374 g/mol. The van der Waals surface area contributed by atoms with E-state index in [0.717, 1.165) is 12.8 Å². The second-order valence-corrected chi connectivity index (χ2v) is 8.11. The molecule has 2 aromatic rings. The maximum Gasteiger partial charge on any atom is 0.262 e. The van der Waals surface area contributed by atoms with Gasteiger partial charge >= 0.3 is 0 Å².